The largest absolute Gasteiger partial charge is 0.418 e. The number of amides is 3. The molecule has 2 aromatic rings. The highest BCUT2D eigenvalue weighted by Crippen LogP contribution is 2.36. The first-order valence-corrected chi connectivity index (χ1v) is 7.85. The number of urea groups is 1. The van der Waals surface area contributed by atoms with E-state index < -0.39 is 35.2 Å². The van der Waals surface area contributed by atoms with Crippen molar-refractivity contribution in [2.75, 3.05) is 10.6 Å². The summed E-state index contributed by atoms with van der Waals surface area (Å²) >= 11 is 0. The van der Waals surface area contributed by atoms with Crippen LogP contribution in [-0.2, 0) is 17.5 Å². The number of hydrogen-bond donors (Lipinski definition) is 3. The maximum atomic E-state index is 13.2. The molecule has 0 aliphatic carbocycles. The third-order valence-corrected chi connectivity index (χ3v) is 3.57. The van der Waals surface area contributed by atoms with E-state index in [4.69, 9.17) is 0 Å². The Morgan fingerprint density at radius 2 is 1.74 bits per heavy atom. The van der Waals surface area contributed by atoms with E-state index in [1.807, 2.05) is 0 Å². The van der Waals surface area contributed by atoms with E-state index in [0.29, 0.717) is 11.1 Å². The molecule has 144 valence electrons. The Balaban J connectivity index is 2.11. The molecular formula is C18H17F4N3O2. The average molecular weight is 383 g/mol. The summed E-state index contributed by atoms with van der Waals surface area (Å²) in [6.45, 7) is 2.74. The van der Waals surface area contributed by atoms with Crippen LogP contribution in [0.25, 0.3) is 0 Å². The Kier molecular flexibility index (Phi) is 6.04. The maximum absolute atomic E-state index is 13.2. The summed E-state index contributed by atoms with van der Waals surface area (Å²) in [5.74, 6) is -0.909. The first-order valence-electron chi connectivity index (χ1n) is 7.85. The van der Waals surface area contributed by atoms with Crippen LogP contribution in [0.4, 0.5) is 33.7 Å². The van der Waals surface area contributed by atoms with Crippen LogP contribution < -0.4 is 16.0 Å². The zero-order valence-corrected chi connectivity index (χ0v) is 14.5. The second kappa shape index (κ2) is 8.07. The molecule has 0 heterocycles. The van der Waals surface area contributed by atoms with Gasteiger partial charge in [-0.05, 0) is 42.3 Å². The summed E-state index contributed by atoms with van der Waals surface area (Å²) in [5, 5.41) is 6.80. The van der Waals surface area contributed by atoms with Crippen molar-refractivity contribution in [1.29, 1.82) is 0 Å². The number of alkyl halides is 3. The Morgan fingerprint density at radius 3 is 2.33 bits per heavy atom. The fourth-order valence-electron chi connectivity index (χ4n) is 2.33. The van der Waals surface area contributed by atoms with E-state index in [9.17, 15) is 27.2 Å². The highest BCUT2D eigenvalue weighted by Gasteiger charge is 2.34. The Hall–Kier alpha value is -3.10. The van der Waals surface area contributed by atoms with Crippen LogP contribution >= 0.6 is 0 Å². The van der Waals surface area contributed by atoms with Gasteiger partial charge in [0.25, 0.3) is 0 Å². The predicted molar refractivity (Wildman–Crippen MR) is 92.7 cm³/mol. The summed E-state index contributed by atoms with van der Waals surface area (Å²) in [6.07, 6.45) is -4.73. The van der Waals surface area contributed by atoms with Crippen molar-refractivity contribution < 1.29 is 27.2 Å². The molecular weight excluding hydrogens is 366 g/mol. The van der Waals surface area contributed by atoms with Gasteiger partial charge in [-0.25, -0.2) is 9.18 Å². The van der Waals surface area contributed by atoms with Crippen molar-refractivity contribution in [3.8, 4) is 0 Å². The Labute approximate surface area is 152 Å². The molecule has 0 saturated heterocycles. The third-order valence-electron chi connectivity index (χ3n) is 3.57. The lowest BCUT2D eigenvalue weighted by Crippen LogP contribution is -2.29. The molecule has 0 unspecified atom stereocenters. The minimum Gasteiger partial charge on any atom is -0.334 e. The third kappa shape index (κ3) is 5.70. The van der Waals surface area contributed by atoms with E-state index >= 15 is 0 Å². The molecule has 0 aliphatic rings. The van der Waals surface area contributed by atoms with Gasteiger partial charge in [0.05, 0.1) is 11.3 Å². The van der Waals surface area contributed by atoms with Gasteiger partial charge in [0.1, 0.15) is 5.82 Å². The van der Waals surface area contributed by atoms with Crippen LogP contribution in [0.5, 0.6) is 0 Å². The second-order valence-corrected chi connectivity index (χ2v) is 5.83. The van der Waals surface area contributed by atoms with Crippen molar-refractivity contribution in [3.63, 3.8) is 0 Å². The summed E-state index contributed by atoms with van der Waals surface area (Å²) in [7, 11) is 0. The second-order valence-electron chi connectivity index (χ2n) is 5.83. The zero-order chi connectivity index (χ0) is 20.2. The minimum atomic E-state index is -4.73. The van der Waals surface area contributed by atoms with Gasteiger partial charge in [-0.3, -0.25) is 4.79 Å². The lowest BCUT2D eigenvalue weighted by atomic mass is 10.1. The number of carbonyl (C=O) groups excluding carboxylic acids is 2. The summed E-state index contributed by atoms with van der Waals surface area (Å²) < 4.78 is 52.9. The highest BCUT2D eigenvalue weighted by molar-refractivity contribution is 5.92. The molecule has 0 fully saturated rings. The molecule has 0 spiro atoms. The number of benzene rings is 2. The molecule has 0 atom stereocenters. The molecule has 3 N–H and O–H groups in total. The topological polar surface area (TPSA) is 70.2 Å². The maximum Gasteiger partial charge on any atom is 0.418 e. The monoisotopic (exact) mass is 383 g/mol. The molecule has 2 aromatic carbocycles. The minimum absolute atomic E-state index is 0.0122. The molecule has 27 heavy (non-hydrogen) atoms. The van der Waals surface area contributed by atoms with Crippen LogP contribution in [0.15, 0.2) is 36.4 Å². The van der Waals surface area contributed by atoms with Crippen LogP contribution in [0.1, 0.15) is 23.6 Å². The molecule has 0 aromatic heterocycles. The van der Waals surface area contributed by atoms with Gasteiger partial charge < -0.3 is 16.0 Å². The van der Waals surface area contributed by atoms with Crippen molar-refractivity contribution in [3.05, 3.63) is 58.9 Å². The fourth-order valence-corrected chi connectivity index (χ4v) is 2.33. The van der Waals surface area contributed by atoms with Gasteiger partial charge >= 0.3 is 12.2 Å². The summed E-state index contributed by atoms with van der Waals surface area (Å²) in [6, 6.07) is 6.42. The quantitative estimate of drug-likeness (QED) is 0.684. The van der Waals surface area contributed by atoms with E-state index in [1.165, 1.54) is 31.2 Å². The predicted octanol–water partition coefficient (Wildman–Crippen LogP) is 4.43. The number of anilines is 2. The van der Waals surface area contributed by atoms with E-state index in [2.05, 4.69) is 16.0 Å². The first-order chi connectivity index (χ1) is 12.6. The lowest BCUT2D eigenvalue weighted by Gasteiger charge is -2.16. The molecule has 9 heteroatoms. The van der Waals surface area contributed by atoms with Gasteiger partial charge in [-0.1, -0.05) is 12.1 Å². The smallest absolute Gasteiger partial charge is 0.334 e. The van der Waals surface area contributed by atoms with E-state index in [1.54, 1.807) is 6.92 Å². The molecule has 3 amide bonds. The normalized spacial score (nSPS) is 11.0. The number of halogens is 4. The fraction of sp³-hybridized carbons (Fsp3) is 0.222. The average Bonchev–Trinajstić information content (AvgIpc) is 2.56. The number of carbonyl (C=O) groups is 2. The van der Waals surface area contributed by atoms with Gasteiger partial charge in [0.2, 0.25) is 5.91 Å². The van der Waals surface area contributed by atoms with Crippen LogP contribution in [0, 0.1) is 12.7 Å². The molecule has 0 aliphatic heterocycles. The molecule has 0 saturated carbocycles. The Morgan fingerprint density at radius 1 is 1.04 bits per heavy atom. The Bertz CT molecular complexity index is 866. The summed E-state index contributed by atoms with van der Waals surface area (Å²) in [4.78, 5) is 23.0. The van der Waals surface area contributed by atoms with Crippen molar-refractivity contribution in [1.82, 2.24) is 5.32 Å². The summed E-state index contributed by atoms with van der Waals surface area (Å²) in [5.41, 5.74) is -0.600. The van der Waals surface area contributed by atoms with Crippen LogP contribution in [0.2, 0.25) is 0 Å². The first kappa shape index (κ1) is 20.2. The SMILES string of the molecule is CC(=O)Nc1ccc(NC(=O)NCc2ccc(F)c(C)c2)c(C(F)(F)F)c1. The highest BCUT2D eigenvalue weighted by atomic mass is 19.4. The van der Waals surface area contributed by atoms with Crippen LogP contribution in [0.3, 0.4) is 0 Å². The number of hydrogen-bond acceptors (Lipinski definition) is 2. The van der Waals surface area contributed by atoms with Crippen LogP contribution in [-0.4, -0.2) is 11.9 Å². The van der Waals surface area contributed by atoms with Gasteiger partial charge in [0.15, 0.2) is 0 Å². The van der Waals surface area contributed by atoms with Crippen molar-refractivity contribution in [2.45, 2.75) is 26.6 Å². The van der Waals surface area contributed by atoms with Gasteiger partial charge in [-0.2, -0.15) is 13.2 Å². The molecule has 0 radical (unpaired) electrons. The number of aryl methyl sites for hydroxylation is 1. The van der Waals surface area contributed by atoms with Crippen molar-refractivity contribution >= 4 is 23.3 Å². The molecule has 0 bridgehead atoms. The van der Waals surface area contributed by atoms with Crippen molar-refractivity contribution in [2.24, 2.45) is 0 Å². The van der Waals surface area contributed by atoms with Gasteiger partial charge in [0, 0.05) is 19.2 Å². The van der Waals surface area contributed by atoms with Gasteiger partial charge in [-0.15, -0.1) is 0 Å². The number of rotatable bonds is 4. The zero-order valence-electron chi connectivity index (χ0n) is 14.5. The van der Waals surface area contributed by atoms with E-state index in [0.717, 1.165) is 12.1 Å². The standard InChI is InChI=1S/C18H17F4N3O2/c1-10-7-12(3-5-15(10)19)9-23-17(27)25-16-6-4-13(24-11(2)26)8-14(16)18(20,21)22/h3-8H,9H2,1-2H3,(H,24,26)(H2,23,25,27). The number of nitrogens with one attached hydrogen (secondary N) is 3. The molecule has 2 rings (SSSR count). The molecule has 5 nitrogen and oxygen atoms in total. The van der Waals surface area contributed by atoms with E-state index in [-0.39, 0.29) is 12.2 Å². The lowest BCUT2D eigenvalue weighted by molar-refractivity contribution is -0.137.